The van der Waals surface area contributed by atoms with Crippen LogP contribution < -0.4 is 10.6 Å². The maximum Gasteiger partial charge on any atom is 0.237 e. The first-order valence-corrected chi connectivity index (χ1v) is 12.2. The largest absolute Gasteiger partial charge is 0.390 e. The number of hydrogen-bond donors (Lipinski definition) is 3. The molecule has 1 aromatic rings. The molecule has 0 bridgehead atoms. The van der Waals surface area contributed by atoms with Crippen LogP contribution in [-0.4, -0.2) is 53.2 Å². The fourth-order valence-electron chi connectivity index (χ4n) is 5.14. The van der Waals surface area contributed by atoms with Gasteiger partial charge in [0, 0.05) is 36.2 Å². The number of carbonyl (C=O) groups is 1. The number of nitrogens with one attached hydrogen (secondary N) is 2. The normalized spacial score (nSPS) is 26.7. The van der Waals surface area contributed by atoms with Crippen molar-refractivity contribution >= 4 is 17.5 Å². The molecule has 2 aliphatic rings. The summed E-state index contributed by atoms with van der Waals surface area (Å²) >= 11 is 5.98. The Bertz CT molecular complexity index is 718. The van der Waals surface area contributed by atoms with Crippen LogP contribution >= 0.6 is 11.6 Å². The molecule has 1 aromatic carbocycles. The highest BCUT2D eigenvalue weighted by Crippen LogP contribution is 2.38. The lowest BCUT2D eigenvalue weighted by Gasteiger charge is -2.46. The van der Waals surface area contributed by atoms with Crippen LogP contribution in [0.5, 0.6) is 0 Å². The molecule has 0 radical (unpaired) electrons. The molecule has 0 unspecified atom stereocenters. The first-order chi connectivity index (χ1) is 14.6. The van der Waals surface area contributed by atoms with E-state index in [1.54, 1.807) is 0 Å². The zero-order valence-electron chi connectivity index (χ0n) is 19.5. The summed E-state index contributed by atoms with van der Waals surface area (Å²) in [7, 11) is 0. The molecule has 3 N–H and O–H groups in total. The van der Waals surface area contributed by atoms with E-state index in [1.807, 2.05) is 45.0 Å². The van der Waals surface area contributed by atoms with E-state index in [0.29, 0.717) is 24.9 Å². The van der Waals surface area contributed by atoms with Gasteiger partial charge >= 0.3 is 0 Å². The lowest BCUT2D eigenvalue weighted by molar-refractivity contribution is -0.132. The van der Waals surface area contributed by atoms with E-state index >= 15 is 0 Å². The zero-order chi connectivity index (χ0) is 22.6. The van der Waals surface area contributed by atoms with Crippen LogP contribution in [0.3, 0.4) is 0 Å². The molecular weight excluding hydrogens is 410 g/mol. The molecule has 1 heterocycles. The van der Waals surface area contributed by atoms with E-state index in [-0.39, 0.29) is 23.5 Å². The molecule has 6 heteroatoms. The SMILES string of the molecule is C[C@H](NC[C@H](O)CN1C[C@H]2CCCC[C@H]2C[C@H]1C(=O)NC(C)(C)C)c1ccc(Cl)cc1. The molecule has 0 aromatic heterocycles. The number of aliphatic hydroxyl groups excluding tert-OH is 1. The molecule has 2 fully saturated rings. The van der Waals surface area contributed by atoms with E-state index in [4.69, 9.17) is 11.6 Å². The van der Waals surface area contributed by atoms with Crippen LogP contribution in [0.2, 0.25) is 5.02 Å². The van der Waals surface area contributed by atoms with Crippen molar-refractivity contribution in [3.8, 4) is 0 Å². The number of piperidine rings is 1. The number of carbonyl (C=O) groups excluding carboxylic acids is 1. The number of fused-ring (bicyclic) bond motifs is 1. The lowest BCUT2D eigenvalue weighted by Crippen LogP contribution is -2.59. The van der Waals surface area contributed by atoms with E-state index in [0.717, 1.165) is 23.6 Å². The Morgan fingerprint density at radius 1 is 1.19 bits per heavy atom. The zero-order valence-corrected chi connectivity index (χ0v) is 20.3. The topological polar surface area (TPSA) is 64.6 Å². The quantitative estimate of drug-likeness (QED) is 0.585. The Balaban J connectivity index is 1.59. The van der Waals surface area contributed by atoms with Crippen LogP contribution in [0.15, 0.2) is 24.3 Å². The van der Waals surface area contributed by atoms with Gasteiger partial charge in [0.15, 0.2) is 0 Å². The Morgan fingerprint density at radius 2 is 1.84 bits per heavy atom. The molecule has 1 saturated heterocycles. The average molecular weight is 450 g/mol. The summed E-state index contributed by atoms with van der Waals surface area (Å²) in [6.45, 7) is 10.1. The van der Waals surface area contributed by atoms with Gasteiger partial charge in [-0.2, -0.15) is 0 Å². The monoisotopic (exact) mass is 449 g/mol. The second kappa shape index (κ2) is 10.7. The van der Waals surface area contributed by atoms with Crippen LogP contribution in [0.4, 0.5) is 0 Å². The highest BCUT2D eigenvalue weighted by atomic mass is 35.5. The summed E-state index contributed by atoms with van der Waals surface area (Å²) in [5.74, 6) is 1.40. The number of β-amino-alcohol motifs (C(OH)–C–C–N with tert-alkyl or cyclic N) is 1. The number of rotatable bonds is 7. The molecule has 0 spiro atoms. The maximum absolute atomic E-state index is 13.1. The highest BCUT2D eigenvalue weighted by Gasteiger charge is 2.40. The van der Waals surface area contributed by atoms with Crippen molar-refractivity contribution in [3.63, 3.8) is 0 Å². The Morgan fingerprint density at radius 3 is 2.48 bits per heavy atom. The third-order valence-corrected chi connectivity index (χ3v) is 7.03. The van der Waals surface area contributed by atoms with Gasteiger partial charge in [-0.3, -0.25) is 9.69 Å². The highest BCUT2D eigenvalue weighted by molar-refractivity contribution is 6.30. The maximum atomic E-state index is 13.1. The van der Waals surface area contributed by atoms with Gasteiger partial charge < -0.3 is 15.7 Å². The van der Waals surface area contributed by atoms with Crippen LogP contribution in [0.1, 0.15) is 71.4 Å². The number of likely N-dealkylation sites (tertiary alicyclic amines) is 1. The van der Waals surface area contributed by atoms with Crippen molar-refractivity contribution in [2.45, 2.75) is 83.5 Å². The first kappa shape index (κ1) is 24.5. The van der Waals surface area contributed by atoms with Crippen molar-refractivity contribution in [2.24, 2.45) is 11.8 Å². The number of benzene rings is 1. The molecular formula is C25H40ClN3O2. The van der Waals surface area contributed by atoms with E-state index in [9.17, 15) is 9.90 Å². The summed E-state index contributed by atoms with van der Waals surface area (Å²) in [6.07, 6.45) is 5.44. The third kappa shape index (κ3) is 7.18. The first-order valence-electron chi connectivity index (χ1n) is 11.9. The van der Waals surface area contributed by atoms with Crippen molar-refractivity contribution in [2.75, 3.05) is 19.6 Å². The summed E-state index contributed by atoms with van der Waals surface area (Å²) in [5, 5.41) is 18.1. The summed E-state index contributed by atoms with van der Waals surface area (Å²) < 4.78 is 0. The van der Waals surface area contributed by atoms with Gasteiger partial charge in [-0.25, -0.2) is 0 Å². The molecule has 5 nitrogen and oxygen atoms in total. The second-order valence-corrected chi connectivity index (χ2v) is 11.0. The van der Waals surface area contributed by atoms with Gasteiger partial charge in [-0.05, 0) is 70.1 Å². The van der Waals surface area contributed by atoms with E-state index in [1.165, 1.54) is 25.7 Å². The van der Waals surface area contributed by atoms with Gasteiger partial charge in [0.1, 0.15) is 0 Å². The van der Waals surface area contributed by atoms with Crippen molar-refractivity contribution in [1.82, 2.24) is 15.5 Å². The fraction of sp³-hybridized carbons (Fsp3) is 0.720. The predicted molar refractivity (Wildman–Crippen MR) is 127 cm³/mol. The van der Waals surface area contributed by atoms with Crippen LogP contribution in [0.25, 0.3) is 0 Å². The minimum atomic E-state index is -0.528. The van der Waals surface area contributed by atoms with Gasteiger partial charge in [0.2, 0.25) is 5.91 Å². The van der Waals surface area contributed by atoms with Gasteiger partial charge in [0.25, 0.3) is 0 Å². The molecule has 3 rings (SSSR count). The van der Waals surface area contributed by atoms with Crippen LogP contribution in [0, 0.1) is 11.8 Å². The fourth-order valence-corrected chi connectivity index (χ4v) is 5.27. The number of hydrogen-bond acceptors (Lipinski definition) is 4. The van der Waals surface area contributed by atoms with Crippen molar-refractivity contribution < 1.29 is 9.90 Å². The number of amides is 1. The second-order valence-electron chi connectivity index (χ2n) is 10.6. The number of nitrogens with zero attached hydrogens (tertiary/aromatic N) is 1. The molecule has 1 saturated carbocycles. The van der Waals surface area contributed by atoms with Crippen LogP contribution in [-0.2, 0) is 4.79 Å². The predicted octanol–water partition coefficient (Wildman–Crippen LogP) is 4.15. The van der Waals surface area contributed by atoms with Gasteiger partial charge in [-0.1, -0.05) is 43.0 Å². The van der Waals surface area contributed by atoms with Gasteiger partial charge in [-0.15, -0.1) is 0 Å². The van der Waals surface area contributed by atoms with E-state index < -0.39 is 6.10 Å². The summed E-state index contributed by atoms with van der Waals surface area (Å²) in [6, 6.07) is 7.76. The van der Waals surface area contributed by atoms with Gasteiger partial charge in [0.05, 0.1) is 12.1 Å². The minimum Gasteiger partial charge on any atom is -0.390 e. The Hall–Kier alpha value is -1.14. The van der Waals surface area contributed by atoms with Crippen molar-refractivity contribution in [1.29, 1.82) is 0 Å². The summed E-state index contributed by atoms with van der Waals surface area (Å²) in [4.78, 5) is 15.3. The summed E-state index contributed by atoms with van der Waals surface area (Å²) in [5.41, 5.74) is 0.891. The Labute approximate surface area is 192 Å². The van der Waals surface area contributed by atoms with Crippen molar-refractivity contribution in [3.05, 3.63) is 34.9 Å². The number of halogens is 1. The molecule has 174 valence electrons. The molecule has 1 amide bonds. The average Bonchev–Trinajstić information content (AvgIpc) is 2.70. The minimum absolute atomic E-state index is 0.103. The van der Waals surface area contributed by atoms with E-state index in [2.05, 4.69) is 22.5 Å². The lowest BCUT2D eigenvalue weighted by atomic mass is 9.72. The Kier molecular flexibility index (Phi) is 8.42. The third-order valence-electron chi connectivity index (χ3n) is 6.78. The molecule has 31 heavy (non-hydrogen) atoms. The number of aliphatic hydroxyl groups is 1. The molecule has 5 atom stereocenters. The standard InChI is InChI=1S/C25H40ClN3O2/c1-17(18-9-11-21(26)12-10-18)27-14-22(30)16-29-15-20-8-6-5-7-19(20)13-23(29)24(31)28-25(2,3)4/h9-12,17,19-20,22-23,27,30H,5-8,13-16H2,1-4H3,(H,28,31)/t17-,19-,20+,22-,23-/m0/s1. The molecule has 1 aliphatic heterocycles. The molecule has 1 aliphatic carbocycles. The smallest absolute Gasteiger partial charge is 0.237 e.